The van der Waals surface area contributed by atoms with E-state index in [1.54, 1.807) is 6.33 Å². The summed E-state index contributed by atoms with van der Waals surface area (Å²) >= 11 is 0. The molecule has 0 radical (unpaired) electrons. The van der Waals surface area contributed by atoms with Crippen LogP contribution in [-0.4, -0.2) is 47.9 Å². The summed E-state index contributed by atoms with van der Waals surface area (Å²) in [5, 5.41) is 11.7. The largest absolute Gasteiger partial charge is 0.356 e. The van der Waals surface area contributed by atoms with Crippen molar-refractivity contribution >= 4 is 11.6 Å². The average Bonchev–Trinajstić information content (AvgIpc) is 3.37. The minimum atomic E-state index is 0.301. The van der Waals surface area contributed by atoms with Crippen molar-refractivity contribution in [1.82, 2.24) is 34.8 Å². The maximum absolute atomic E-state index is 4.67. The van der Waals surface area contributed by atoms with Gasteiger partial charge in [0.2, 0.25) is 0 Å². The summed E-state index contributed by atoms with van der Waals surface area (Å²) in [6.07, 6.45) is 3.73. The van der Waals surface area contributed by atoms with Crippen LogP contribution >= 0.6 is 0 Å². The zero-order chi connectivity index (χ0) is 18.2. The van der Waals surface area contributed by atoms with E-state index in [0.717, 1.165) is 54.7 Å². The third-order valence-electron chi connectivity index (χ3n) is 5.03. The lowest BCUT2D eigenvalue weighted by Gasteiger charge is -2.33. The van der Waals surface area contributed by atoms with E-state index in [1.807, 2.05) is 29.6 Å². The average molecular weight is 360 g/mol. The lowest BCUT2D eigenvalue weighted by molar-refractivity contribution is 0.487. The van der Waals surface area contributed by atoms with Gasteiger partial charge < -0.3 is 4.90 Å². The first-order valence-corrected chi connectivity index (χ1v) is 9.18. The number of fused-ring (bicyclic) bond motifs is 1. The summed E-state index contributed by atoms with van der Waals surface area (Å²) in [4.78, 5) is 15.9. The number of aryl methyl sites for hydroxylation is 1. The molecule has 0 amide bonds. The highest BCUT2D eigenvalue weighted by atomic mass is 15.4. The maximum Gasteiger partial charge on any atom is 0.254 e. The van der Waals surface area contributed by atoms with Crippen molar-refractivity contribution in [2.45, 2.75) is 25.7 Å². The Morgan fingerprint density at radius 2 is 2.04 bits per heavy atom. The fraction of sp³-hybridized carbons (Fsp3) is 0.316. The van der Waals surface area contributed by atoms with Crippen molar-refractivity contribution in [3.8, 4) is 11.3 Å². The smallest absolute Gasteiger partial charge is 0.254 e. The summed E-state index contributed by atoms with van der Waals surface area (Å²) in [5.41, 5.74) is 1.98. The molecule has 1 N–H and O–H groups in total. The third kappa shape index (κ3) is 2.92. The summed E-state index contributed by atoms with van der Waals surface area (Å²) in [6.45, 7) is 3.75. The SMILES string of the molecule is Cc1nc(C2CCCN(c3cc(-c4ccccc4)nc4ncnn34)C2)n[nH]1. The second-order valence-electron chi connectivity index (χ2n) is 6.90. The number of anilines is 1. The van der Waals surface area contributed by atoms with Crippen LogP contribution in [0, 0.1) is 6.92 Å². The Bertz CT molecular complexity index is 1070. The number of hydrogen-bond acceptors (Lipinski definition) is 6. The Kier molecular flexibility index (Phi) is 3.81. The van der Waals surface area contributed by atoms with Crippen LogP contribution in [0.1, 0.15) is 30.4 Å². The van der Waals surface area contributed by atoms with Crippen molar-refractivity contribution in [2.75, 3.05) is 18.0 Å². The van der Waals surface area contributed by atoms with E-state index >= 15 is 0 Å². The highest BCUT2D eigenvalue weighted by Crippen LogP contribution is 2.30. The van der Waals surface area contributed by atoms with E-state index in [1.165, 1.54) is 0 Å². The van der Waals surface area contributed by atoms with Crippen LogP contribution in [0.15, 0.2) is 42.7 Å². The van der Waals surface area contributed by atoms with Crippen LogP contribution in [-0.2, 0) is 0 Å². The van der Waals surface area contributed by atoms with E-state index in [0.29, 0.717) is 11.7 Å². The van der Waals surface area contributed by atoms with Gasteiger partial charge in [-0.15, -0.1) is 0 Å². The highest BCUT2D eigenvalue weighted by Gasteiger charge is 2.26. The number of rotatable bonds is 3. The Hall–Kier alpha value is -3.29. The van der Waals surface area contributed by atoms with Gasteiger partial charge in [-0.2, -0.15) is 19.7 Å². The number of nitrogens with zero attached hydrogens (tertiary/aromatic N) is 7. The van der Waals surface area contributed by atoms with Crippen LogP contribution < -0.4 is 4.90 Å². The number of piperidine rings is 1. The molecule has 0 saturated carbocycles. The molecule has 4 heterocycles. The Labute approximate surface area is 156 Å². The fourth-order valence-electron chi connectivity index (χ4n) is 3.72. The summed E-state index contributed by atoms with van der Waals surface area (Å²) < 4.78 is 1.82. The summed E-state index contributed by atoms with van der Waals surface area (Å²) in [5.74, 6) is 3.67. The van der Waals surface area contributed by atoms with E-state index in [2.05, 4.69) is 53.3 Å². The van der Waals surface area contributed by atoms with Gasteiger partial charge in [0.25, 0.3) is 5.78 Å². The van der Waals surface area contributed by atoms with Crippen molar-refractivity contribution in [2.24, 2.45) is 0 Å². The van der Waals surface area contributed by atoms with E-state index < -0.39 is 0 Å². The van der Waals surface area contributed by atoms with Gasteiger partial charge in [0, 0.05) is 30.6 Å². The molecule has 0 bridgehead atoms. The fourth-order valence-corrected chi connectivity index (χ4v) is 3.72. The van der Waals surface area contributed by atoms with Gasteiger partial charge in [-0.3, -0.25) is 5.10 Å². The standard InChI is InChI=1S/C19H20N8/c1-13-22-18(25-24-13)15-8-5-9-26(11-15)17-10-16(14-6-3-2-4-7-14)23-19-20-12-21-27(17)19/h2-4,6-7,10,12,15H,5,8-9,11H2,1H3,(H,22,24,25). The normalized spacial score (nSPS) is 17.5. The first-order valence-electron chi connectivity index (χ1n) is 9.18. The molecule has 4 aromatic rings. The van der Waals surface area contributed by atoms with Gasteiger partial charge in [-0.05, 0) is 19.8 Å². The lowest BCUT2D eigenvalue weighted by Crippen LogP contribution is -2.36. The molecule has 1 unspecified atom stereocenters. The lowest BCUT2D eigenvalue weighted by atomic mass is 9.97. The monoisotopic (exact) mass is 360 g/mol. The first-order chi connectivity index (χ1) is 13.3. The van der Waals surface area contributed by atoms with E-state index in [-0.39, 0.29) is 0 Å². The molecule has 136 valence electrons. The predicted molar refractivity (Wildman–Crippen MR) is 102 cm³/mol. The quantitative estimate of drug-likeness (QED) is 0.604. The number of nitrogens with one attached hydrogen (secondary N) is 1. The van der Waals surface area contributed by atoms with Crippen LogP contribution in [0.25, 0.3) is 17.0 Å². The second kappa shape index (κ2) is 6.46. The van der Waals surface area contributed by atoms with Gasteiger partial charge in [0.05, 0.1) is 5.69 Å². The van der Waals surface area contributed by atoms with E-state index in [9.17, 15) is 0 Å². The first kappa shape index (κ1) is 15.9. The van der Waals surface area contributed by atoms with Gasteiger partial charge in [0.15, 0.2) is 5.82 Å². The van der Waals surface area contributed by atoms with Crippen molar-refractivity contribution < 1.29 is 0 Å². The molecular weight excluding hydrogens is 340 g/mol. The molecule has 1 fully saturated rings. The van der Waals surface area contributed by atoms with Gasteiger partial charge in [0.1, 0.15) is 18.0 Å². The van der Waals surface area contributed by atoms with Crippen molar-refractivity contribution in [3.63, 3.8) is 0 Å². The molecule has 5 rings (SSSR count). The summed E-state index contributed by atoms with van der Waals surface area (Å²) in [6, 6.07) is 12.3. The van der Waals surface area contributed by atoms with Gasteiger partial charge in [-0.25, -0.2) is 9.97 Å². The molecule has 1 aromatic carbocycles. The maximum atomic E-state index is 4.67. The van der Waals surface area contributed by atoms with Gasteiger partial charge in [-0.1, -0.05) is 30.3 Å². The van der Waals surface area contributed by atoms with E-state index in [4.69, 9.17) is 0 Å². The Morgan fingerprint density at radius 1 is 1.15 bits per heavy atom. The summed E-state index contributed by atoms with van der Waals surface area (Å²) in [7, 11) is 0. The van der Waals surface area contributed by atoms with Crippen molar-refractivity contribution in [3.05, 3.63) is 54.4 Å². The minimum absolute atomic E-state index is 0.301. The zero-order valence-corrected chi connectivity index (χ0v) is 15.1. The number of aromatic nitrogens is 7. The predicted octanol–water partition coefficient (Wildman–Crippen LogP) is 2.60. The Morgan fingerprint density at radius 3 is 2.85 bits per heavy atom. The molecule has 1 aliphatic rings. The van der Waals surface area contributed by atoms with Crippen LogP contribution in [0.5, 0.6) is 0 Å². The molecule has 1 aliphatic heterocycles. The highest BCUT2D eigenvalue weighted by molar-refractivity contribution is 5.65. The molecule has 3 aromatic heterocycles. The molecule has 1 saturated heterocycles. The van der Waals surface area contributed by atoms with Gasteiger partial charge >= 0.3 is 0 Å². The van der Waals surface area contributed by atoms with Crippen molar-refractivity contribution in [1.29, 1.82) is 0 Å². The molecule has 1 atom stereocenters. The number of benzene rings is 1. The topological polar surface area (TPSA) is 87.9 Å². The molecule has 0 spiro atoms. The number of H-pyrrole nitrogens is 1. The van der Waals surface area contributed by atoms with Crippen LogP contribution in [0.2, 0.25) is 0 Å². The zero-order valence-electron chi connectivity index (χ0n) is 15.1. The third-order valence-corrected chi connectivity index (χ3v) is 5.03. The molecular formula is C19H20N8. The minimum Gasteiger partial charge on any atom is -0.356 e. The molecule has 27 heavy (non-hydrogen) atoms. The molecule has 8 nitrogen and oxygen atoms in total. The van der Waals surface area contributed by atoms with Crippen LogP contribution in [0.4, 0.5) is 5.82 Å². The Balaban J connectivity index is 1.54. The number of aromatic amines is 1. The number of hydrogen-bond donors (Lipinski definition) is 1. The second-order valence-corrected chi connectivity index (χ2v) is 6.90. The van der Waals surface area contributed by atoms with Crippen LogP contribution in [0.3, 0.4) is 0 Å². The molecule has 0 aliphatic carbocycles. The molecule has 8 heteroatoms.